The summed E-state index contributed by atoms with van der Waals surface area (Å²) < 4.78 is 6.28. The molecule has 0 saturated heterocycles. The Morgan fingerprint density at radius 1 is 1.00 bits per heavy atom. The van der Waals surface area contributed by atoms with Gasteiger partial charge in [-0.05, 0) is 92.4 Å². The minimum atomic E-state index is 0.340. The van der Waals surface area contributed by atoms with Crippen molar-refractivity contribution in [3.8, 4) is 5.75 Å². The second-order valence-electron chi connectivity index (χ2n) is 8.46. The van der Waals surface area contributed by atoms with Crippen molar-refractivity contribution in [2.75, 3.05) is 13.1 Å². The molecule has 2 heterocycles. The molecule has 4 heteroatoms. The molecule has 2 aromatic heterocycles. The summed E-state index contributed by atoms with van der Waals surface area (Å²) in [6.45, 7) is 2.14. The lowest BCUT2D eigenvalue weighted by molar-refractivity contribution is 0.131. The van der Waals surface area contributed by atoms with E-state index in [4.69, 9.17) is 4.74 Å². The first-order valence-electron chi connectivity index (χ1n) is 11.1. The Balaban J connectivity index is 1.05. The van der Waals surface area contributed by atoms with E-state index in [2.05, 4.69) is 63.9 Å². The zero-order valence-corrected chi connectivity index (χ0v) is 17.3. The molecular formula is C26H29N3O. The molecule has 4 nitrogen and oxygen atoms in total. The fraction of sp³-hybridized carbons (Fsp3) is 0.346. The SMILES string of the molecule is c1ccc2c(CCNCC3CCC(Oc4ccc5cnccc5c4)CC3)c[nH]c2c1. The predicted octanol–water partition coefficient (Wildman–Crippen LogP) is 5.49. The zero-order valence-electron chi connectivity index (χ0n) is 17.3. The first-order chi connectivity index (χ1) is 14.8. The van der Waals surface area contributed by atoms with Crippen molar-refractivity contribution >= 4 is 21.7 Å². The average molecular weight is 400 g/mol. The van der Waals surface area contributed by atoms with Crippen LogP contribution in [0.25, 0.3) is 21.7 Å². The third kappa shape index (κ3) is 4.34. The number of pyridine rings is 1. The number of nitrogens with one attached hydrogen (secondary N) is 2. The zero-order chi connectivity index (χ0) is 20.2. The number of H-pyrrole nitrogens is 1. The molecule has 1 saturated carbocycles. The van der Waals surface area contributed by atoms with Gasteiger partial charge in [0, 0.05) is 34.9 Å². The number of hydrogen-bond acceptors (Lipinski definition) is 3. The molecule has 30 heavy (non-hydrogen) atoms. The van der Waals surface area contributed by atoms with Gasteiger partial charge < -0.3 is 15.0 Å². The summed E-state index contributed by atoms with van der Waals surface area (Å²) in [5.74, 6) is 1.74. The molecule has 1 fully saturated rings. The summed E-state index contributed by atoms with van der Waals surface area (Å²) >= 11 is 0. The molecular weight excluding hydrogens is 370 g/mol. The molecule has 154 valence electrons. The molecule has 0 unspecified atom stereocenters. The maximum Gasteiger partial charge on any atom is 0.120 e. The first kappa shape index (κ1) is 19.1. The first-order valence-corrected chi connectivity index (χ1v) is 11.1. The number of ether oxygens (including phenoxy) is 1. The van der Waals surface area contributed by atoms with E-state index in [-0.39, 0.29) is 0 Å². The summed E-state index contributed by atoms with van der Waals surface area (Å²) in [5.41, 5.74) is 2.63. The number of aromatic nitrogens is 2. The molecule has 2 N–H and O–H groups in total. The molecule has 0 amide bonds. The van der Waals surface area contributed by atoms with Crippen molar-refractivity contribution in [1.29, 1.82) is 0 Å². The van der Waals surface area contributed by atoms with E-state index in [1.165, 1.54) is 34.7 Å². The third-order valence-corrected chi connectivity index (χ3v) is 6.39. The van der Waals surface area contributed by atoms with Crippen molar-refractivity contribution in [1.82, 2.24) is 15.3 Å². The quantitative estimate of drug-likeness (QED) is 0.404. The van der Waals surface area contributed by atoms with Crippen LogP contribution >= 0.6 is 0 Å². The van der Waals surface area contributed by atoms with E-state index in [9.17, 15) is 0 Å². The van der Waals surface area contributed by atoms with Crippen LogP contribution in [0, 0.1) is 5.92 Å². The fourth-order valence-corrected chi connectivity index (χ4v) is 4.65. The molecule has 5 rings (SSSR count). The number of hydrogen-bond donors (Lipinski definition) is 2. The number of fused-ring (bicyclic) bond motifs is 2. The summed E-state index contributed by atoms with van der Waals surface area (Å²) in [5, 5.41) is 7.38. The van der Waals surface area contributed by atoms with Crippen LogP contribution in [0.2, 0.25) is 0 Å². The van der Waals surface area contributed by atoms with Gasteiger partial charge in [0.15, 0.2) is 0 Å². The van der Waals surface area contributed by atoms with E-state index >= 15 is 0 Å². The smallest absolute Gasteiger partial charge is 0.120 e. The number of nitrogens with zero attached hydrogens (tertiary/aromatic N) is 1. The van der Waals surface area contributed by atoms with Crippen molar-refractivity contribution in [2.45, 2.75) is 38.2 Å². The van der Waals surface area contributed by atoms with Crippen LogP contribution in [0.5, 0.6) is 5.75 Å². The van der Waals surface area contributed by atoms with Crippen LogP contribution in [0.15, 0.2) is 67.1 Å². The Hall–Kier alpha value is -2.85. The molecule has 0 radical (unpaired) electrons. The molecule has 0 atom stereocenters. The molecule has 0 bridgehead atoms. The van der Waals surface area contributed by atoms with Crippen molar-refractivity contribution in [3.63, 3.8) is 0 Å². The Kier molecular flexibility index (Phi) is 5.67. The van der Waals surface area contributed by atoms with Crippen LogP contribution in [0.4, 0.5) is 0 Å². The average Bonchev–Trinajstić information content (AvgIpc) is 3.21. The molecule has 0 aliphatic heterocycles. The molecule has 2 aromatic carbocycles. The number of aromatic amines is 1. The van der Waals surface area contributed by atoms with E-state index in [1.807, 2.05) is 18.5 Å². The number of rotatable bonds is 7. The van der Waals surface area contributed by atoms with Gasteiger partial charge in [0.25, 0.3) is 0 Å². The van der Waals surface area contributed by atoms with E-state index in [0.29, 0.717) is 6.10 Å². The van der Waals surface area contributed by atoms with Gasteiger partial charge in [-0.1, -0.05) is 18.2 Å². The van der Waals surface area contributed by atoms with E-state index < -0.39 is 0 Å². The number of benzene rings is 2. The van der Waals surface area contributed by atoms with Gasteiger partial charge in [0.05, 0.1) is 6.10 Å². The van der Waals surface area contributed by atoms with Crippen LogP contribution < -0.4 is 10.1 Å². The summed E-state index contributed by atoms with van der Waals surface area (Å²) in [6, 6.07) is 16.9. The second-order valence-corrected chi connectivity index (χ2v) is 8.46. The van der Waals surface area contributed by atoms with Gasteiger partial charge in [0.2, 0.25) is 0 Å². The lowest BCUT2D eigenvalue weighted by Crippen LogP contribution is -2.31. The maximum absolute atomic E-state index is 6.28. The minimum Gasteiger partial charge on any atom is -0.490 e. The predicted molar refractivity (Wildman–Crippen MR) is 123 cm³/mol. The van der Waals surface area contributed by atoms with Gasteiger partial charge in [-0.25, -0.2) is 0 Å². The van der Waals surface area contributed by atoms with E-state index in [1.54, 1.807) is 0 Å². The highest BCUT2D eigenvalue weighted by Gasteiger charge is 2.22. The monoisotopic (exact) mass is 399 g/mol. The lowest BCUT2D eigenvalue weighted by Gasteiger charge is -2.29. The topological polar surface area (TPSA) is 49.9 Å². The Bertz CT molecular complexity index is 1110. The normalized spacial score (nSPS) is 19.3. The standard InChI is InChI=1S/C26H29N3O/c1-2-4-26-25(3-1)22(18-29-26)12-14-27-16-19-5-8-23(9-6-19)30-24-10-7-21-17-28-13-11-20(21)15-24/h1-4,7,10-11,13,15,17-19,23,27,29H,5-6,8-9,12,14,16H2. The van der Waals surface area contributed by atoms with Crippen molar-refractivity contribution in [2.24, 2.45) is 5.92 Å². The summed E-state index contributed by atoms with van der Waals surface area (Å²) in [7, 11) is 0. The lowest BCUT2D eigenvalue weighted by atomic mass is 9.87. The highest BCUT2D eigenvalue weighted by Crippen LogP contribution is 2.29. The summed E-state index contributed by atoms with van der Waals surface area (Å²) in [6.07, 6.45) is 12.1. The van der Waals surface area contributed by atoms with Gasteiger partial charge in [-0.2, -0.15) is 0 Å². The molecule has 0 spiro atoms. The summed E-state index contributed by atoms with van der Waals surface area (Å²) in [4.78, 5) is 7.54. The van der Waals surface area contributed by atoms with Crippen molar-refractivity contribution in [3.05, 3.63) is 72.7 Å². The minimum absolute atomic E-state index is 0.340. The van der Waals surface area contributed by atoms with Gasteiger partial charge in [-0.15, -0.1) is 0 Å². The number of para-hydroxylation sites is 1. The van der Waals surface area contributed by atoms with Gasteiger partial charge in [0.1, 0.15) is 5.75 Å². The van der Waals surface area contributed by atoms with Gasteiger partial charge in [-0.3, -0.25) is 4.98 Å². The fourth-order valence-electron chi connectivity index (χ4n) is 4.65. The molecule has 1 aliphatic rings. The Labute approximate surface area is 177 Å². The molecule has 4 aromatic rings. The highest BCUT2D eigenvalue weighted by molar-refractivity contribution is 5.83. The second kappa shape index (κ2) is 8.88. The van der Waals surface area contributed by atoms with Gasteiger partial charge >= 0.3 is 0 Å². The van der Waals surface area contributed by atoms with Crippen LogP contribution in [0.3, 0.4) is 0 Å². The Morgan fingerprint density at radius 3 is 2.83 bits per heavy atom. The van der Waals surface area contributed by atoms with Crippen molar-refractivity contribution < 1.29 is 4.74 Å². The highest BCUT2D eigenvalue weighted by atomic mass is 16.5. The molecule has 1 aliphatic carbocycles. The van der Waals surface area contributed by atoms with E-state index in [0.717, 1.165) is 49.4 Å². The third-order valence-electron chi connectivity index (χ3n) is 6.39. The largest absolute Gasteiger partial charge is 0.490 e. The Morgan fingerprint density at radius 2 is 1.90 bits per heavy atom. The van der Waals surface area contributed by atoms with Crippen LogP contribution in [-0.4, -0.2) is 29.2 Å². The van der Waals surface area contributed by atoms with Crippen LogP contribution in [0.1, 0.15) is 31.2 Å². The van der Waals surface area contributed by atoms with Crippen LogP contribution in [-0.2, 0) is 6.42 Å². The maximum atomic E-state index is 6.28.